The molecule has 2 aromatic rings. The molecule has 1 aliphatic heterocycles. The normalized spacial score (nSPS) is 18.7. The highest BCUT2D eigenvalue weighted by atomic mass is 16.5. The van der Waals surface area contributed by atoms with Gasteiger partial charge >= 0.3 is 0 Å². The van der Waals surface area contributed by atoms with Crippen LogP contribution in [0.3, 0.4) is 0 Å². The van der Waals surface area contributed by atoms with Crippen LogP contribution in [0, 0.1) is 6.92 Å². The van der Waals surface area contributed by atoms with E-state index >= 15 is 0 Å². The molecule has 0 amide bonds. The molecule has 1 fully saturated rings. The van der Waals surface area contributed by atoms with Gasteiger partial charge in [0.1, 0.15) is 0 Å². The molecule has 0 spiro atoms. The summed E-state index contributed by atoms with van der Waals surface area (Å²) in [6.07, 6.45) is 0. The summed E-state index contributed by atoms with van der Waals surface area (Å²) in [5.74, 6) is 3.14. The summed E-state index contributed by atoms with van der Waals surface area (Å²) in [6.45, 7) is 12.6. The summed E-state index contributed by atoms with van der Waals surface area (Å²) in [7, 11) is 0. The first-order valence-electron chi connectivity index (χ1n) is 8.12. The molecule has 0 unspecified atom stereocenters. The molecule has 0 aromatic carbocycles. The molecule has 1 aliphatic rings. The minimum atomic E-state index is 0.147. The van der Waals surface area contributed by atoms with E-state index in [4.69, 9.17) is 9.05 Å². The average Bonchev–Trinajstić information content (AvgIpc) is 3.16. The van der Waals surface area contributed by atoms with Crippen LogP contribution in [0.2, 0.25) is 0 Å². The first kappa shape index (κ1) is 16.1. The van der Waals surface area contributed by atoms with Gasteiger partial charge in [0.05, 0.1) is 12.6 Å². The van der Waals surface area contributed by atoms with Gasteiger partial charge in [-0.1, -0.05) is 24.2 Å². The van der Waals surface area contributed by atoms with Gasteiger partial charge in [-0.05, 0) is 13.8 Å². The first-order valence-corrected chi connectivity index (χ1v) is 8.12. The van der Waals surface area contributed by atoms with Gasteiger partial charge in [-0.25, -0.2) is 0 Å². The molecule has 2 aromatic heterocycles. The smallest absolute Gasteiger partial charge is 0.243 e. The zero-order chi connectivity index (χ0) is 16.4. The lowest BCUT2D eigenvalue weighted by Crippen LogP contribution is -2.46. The lowest BCUT2D eigenvalue weighted by atomic mass is 10.2. The van der Waals surface area contributed by atoms with Crippen molar-refractivity contribution in [3.05, 3.63) is 23.4 Å². The van der Waals surface area contributed by atoms with Gasteiger partial charge in [0.25, 0.3) is 0 Å². The van der Waals surface area contributed by atoms with E-state index in [0.29, 0.717) is 30.1 Å². The highest BCUT2D eigenvalue weighted by Gasteiger charge is 2.26. The maximum Gasteiger partial charge on any atom is 0.243 e. The molecule has 3 heterocycles. The van der Waals surface area contributed by atoms with Crippen molar-refractivity contribution in [3.8, 4) is 0 Å². The van der Waals surface area contributed by atoms with E-state index in [2.05, 4.69) is 50.9 Å². The maximum atomic E-state index is 5.33. The highest BCUT2D eigenvalue weighted by Crippen LogP contribution is 2.20. The Hall–Kier alpha value is -1.80. The summed E-state index contributed by atoms with van der Waals surface area (Å²) < 4.78 is 10.6. The van der Waals surface area contributed by atoms with E-state index in [1.165, 1.54) is 0 Å². The van der Waals surface area contributed by atoms with Gasteiger partial charge in [-0.3, -0.25) is 9.80 Å². The summed E-state index contributed by atoms with van der Waals surface area (Å²) >= 11 is 0. The van der Waals surface area contributed by atoms with Crippen LogP contribution in [-0.2, 0) is 6.54 Å². The SMILES string of the molecule is Cc1noc([C@H](C)N2CCN(Cc3nc(C(C)C)no3)CC2)n1. The van der Waals surface area contributed by atoms with E-state index in [1.807, 2.05) is 6.92 Å². The molecule has 0 aliphatic carbocycles. The van der Waals surface area contributed by atoms with Crippen LogP contribution in [0.25, 0.3) is 0 Å². The van der Waals surface area contributed by atoms with E-state index in [1.54, 1.807) is 0 Å². The third-order valence-corrected chi connectivity index (χ3v) is 4.21. The van der Waals surface area contributed by atoms with Gasteiger partial charge in [-0.2, -0.15) is 9.97 Å². The Morgan fingerprint density at radius 3 is 2.30 bits per heavy atom. The van der Waals surface area contributed by atoms with E-state index in [-0.39, 0.29) is 6.04 Å². The Bertz CT molecular complexity index is 629. The van der Waals surface area contributed by atoms with Gasteiger partial charge in [0, 0.05) is 32.1 Å². The van der Waals surface area contributed by atoms with Crippen LogP contribution < -0.4 is 0 Å². The van der Waals surface area contributed by atoms with E-state index < -0.39 is 0 Å². The number of rotatable bonds is 5. The van der Waals surface area contributed by atoms with Crippen LogP contribution in [-0.4, -0.2) is 56.3 Å². The van der Waals surface area contributed by atoms with Gasteiger partial charge < -0.3 is 9.05 Å². The minimum absolute atomic E-state index is 0.147. The fourth-order valence-electron chi connectivity index (χ4n) is 2.71. The number of hydrogen-bond acceptors (Lipinski definition) is 8. The van der Waals surface area contributed by atoms with Crippen molar-refractivity contribution in [3.63, 3.8) is 0 Å². The second-order valence-corrected chi connectivity index (χ2v) is 6.37. The molecule has 8 nitrogen and oxygen atoms in total. The van der Waals surface area contributed by atoms with Crippen molar-refractivity contribution in [1.29, 1.82) is 0 Å². The van der Waals surface area contributed by atoms with Crippen molar-refractivity contribution < 1.29 is 9.05 Å². The lowest BCUT2D eigenvalue weighted by molar-refractivity contribution is 0.0785. The number of nitrogens with zero attached hydrogens (tertiary/aromatic N) is 6. The largest absolute Gasteiger partial charge is 0.338 e. The van der Waals surface area contributed by atoms with Crippen molar-refractivity contribution in [2.24, 2.45) is 0 Å². The lowest BCUT2D eigenvalue weighted by Gasteiger charge is -2.36. The third-order valence-electron chi connectivity index (χ3n) is 4.21. The molecule has 0 saturated carbocycles. The molecule has 3 rings (SSSR count). The maximum absolute atomic E-state index is 5.33. The van der Waals surface area contributed by atoms with Crippen molar-refractivity contribution in [1.82, 2.24) is 30.1 Å². The second kappa shape index (κ2) is 6.76. The molecular weight excluding hydrogens is 296 g/mol. The minimum Gasteiger partial charge on any atom is -0.338 e. The predicted molar refractivity (Wildman–Crippen MR) is 82.7 cm³/mol. The van der Waals surface area contributed by atoms with Crippen LogP contribution in [0.15, 0.2) is 9.05 Å². The van der Waals surface area contributed by atoms with Gasteiger partial charge in [-0.15, -0.1) is 0 Å². The van der Waals surface area contributed by atoms with E-state index in [9.17, 15) is 0 Å². The molecular formula is C15H24N6O2. The standard InChI is InChI=1S/C15H24N6O2/c1-10(2)14-17-13(22-19-14)9-20-5-7-21(8-6-20)11(3)15-16-12(4)18-23-15/h10-11H,5-9H2,1-4H3/t11-/m0/s1. The zero-order valence-electron chi connectivity index (χ0n) is 14.2. The fourth-order valence-corrected chi connectivity index (χ4v) is 2.71. The molecule has 8 heteroatoms. The van der Waals surface area contributed by atoms with Crippen LogP contribution in [0.4, 0.5) is 0 Å². The number of aromatic nitrogens is 4. The van der Waals surface area contributed by atoms with Crippen molar-refractivity contribution in [2.45, 2.75) is 46.2 Å². The molecule has 23 heavy (non-hydrogen) atoms. The molecule has 0 bridgehead atoms. The molecule has 0 N–H and O–H groups in total. The molecule has 1 atom stereocenters. The topological polar surface area (TPSA) is 84.3 Å². The first-order chi connectivity index (χ1) is 11.0. The van der Waals surface area contributed by atoms with Crippen molar-refractivity contribution in [2.75, 3.05) is 26.2 Å². The van der Waals surface area contributed by atoms with Crippen LogP contribution >= 0.6 is 0 Å². The fraction of sp³-hybridized carbons (Fsp3) is 0.733. The summed E-state index contributed by atoms with van der Waals surface area (Å²) in [6, 6.07) is 0.147. The monoisotopic (exact) mass is 320 g/mol. The Kier molecular flexibility index (Phi) is 4.72. The quantitative estimate of drug-likeness (QED) is 0.824. The van der Waals surface area contributed by atoms with Crippen LogP contribution in [0.1, 0.15) is 56.2 Å². The summed E-state index contributed by atoms with van der Waals surface area (Å²) in [4.78, 5) is 13.5. The van der Waals surface area contributed by atoms with Crippen LogP contribution in [0.5, 0.6) is 0 Å². The third kappa shape index (κ3) is 3.76. The predicted octanol–water partition coefficient (Wildman–Crippen LogP) is 1.76. The number of hydrogen-bond donors (Lipinski definition) is 0. The summed E-state index contributed by atoms with van der Waals surface area (Å²) in [5, 5.41) is 7.88. The Balaban J connectivity index is 1.51. The Morgan fingerprint density at radius 2 is 1.74 bits per heavy atom. The Labute approximate surface area is 135 Å². The number of aryl methyl sites for hydroxylation is 1. The highest BCUT2D eigenvalue weighted by molar-refractivity contribution is 4.94. The van der Waals surface area contributed by atoms with Gasteiger partial charge in [0.2, 0.25) is 11.8 Å². The average molecular weight is 320 g/mol. The molecule has 1 saturated heterocycles. The van der Waals surface area contributed by atoms with Gasteiger partial charge in [0.15, 0.2) is 11.6 Å². The molecule has 126 valence electrons. The number of piperazine rings is 1. The second-order valence-electron chi connectivity index (χ2n) is 6.37. The zero-order valence-corrected chi connectivity index (χ0v) is 14.2. The Morgan fingerprint density at radius 1 is 1.00 bits per heavy atom. The van der Waals surface area contributed by atoms with Crippen molar-refractivity contribution >= 4 is 0 Å². The summed E-state index contributed by atoms with van der Waals surface area (Å²) in [5.41, 5.74) is 0. The molecule has 0 radical (unpaired) electrons. The van der Waals surface area contributed by atoms with E-state index in [0.717, 1.165) is 32.0 Å².